The SMILES string of the molecule is CCNC(=O)c1cc(N2CCN(C(C)=O)CC2)ccc1[N+](=O)[O-].O=CNCc1ccc(Cl)c(Cl)c1. The van der Waals surface area contributed by atoms with Gasteiger partial charge in [0.15, 0.2) is 0 Å². The molecule has 0 unspecified atom stereocenters. The van der Waals surface area contributed by atoms with Gasteiger partial charge in [0, 0.05) is 57.9 Å². The van der Waals surface area contributed by atoms with Gasteiger partial charge in [-0.3, -0.25) is 24.5 Å². The van der Waals surface area contributed by atoms with Crippen LogP contribution in [0.15, 0.2) is 36.4 Å². The van der Waals surface area contributed by atoms with E-state index in [-0.39, 0.29) is 17.2 Å². The number of nitro benzene ring substituents is 1. The molecule has 2 aromatic rings. The fourth-order valence-corrected chi connectivity index (χ4v) is 3.73. The van der Waals surface area contributed by atoms with Crippen LogP contribution in [0, 0.1) is 10.1 Å². The molecule has 3 rings (SSSR count). The van der Waals surface area contributed by atoms with Crippen molar-refractivity contribution in [3.05, 3.63) is 67.7 Å². The van der Waals surface area contributed by atoms with Crippen molar-refractivity contribution < 1.29 is 19.3 Å². The number of hydrogen-bond donors (Lipinski definition) is 2. The van der Waals surface area contributed by atoms with Crippen LogP contribution < -0.4 is 15.5 Å². The van der Waals surface area contributed by atoms with Crippen LogP contribution in [0.4, 0.5) is 11.4 Å². The Morgan fingerprint density at radius 2 is 1.77 bits per heavy atom. The zero-order valence-electron chi connectivity index (χ0n) is 19.4. The number of nitrogens with zero attached hydrogens (tertiary/aromatic N) is 3. The molecule has 0 saturated carbocycles. The molecule has 1 fully saturated rings. The number of anilines is 1. The summed E-state index contributed by atoms with van der Waals surface area (Å²) in [5, 5.41) is 17.2. The van der Waals surface area contributed by atoms with Gasteiger partial charge >= 0.3 is 0 Å². The van der Waals surface area contributed by atoms with Crippen molar-refractivity contribution in [2.75, 3.05) is 37.6 Å². The van der Waals surface area contributed by atoms with Crippen LogP contribution in [0.25, 0.3) is 0 Å². The van der Waals surface area contributed by atoms with E-state index in [1.165, 1.54) is 13.0 Å². The molecule has 3 amide bonds. The number of hydrogen-bond acceptors (Lipinski definition) is 6. The van der Waals surface area contributed by atoms with Crippen LogP contribution in [-0.2, 0) is 16.1 Å². The summed E-state index contributed by atoms with van der Waals surface area (Å²) in [5.41, 5.74) is 1.53. The molecule has 2 N–H and O–H groups in total. The molecule has 0 aromatic heterocycles. The molecule has 1 aliphatic rings. The minimum absolute atomic E-state index is 0.0383. The molecule has 0 aliphatic carbocycles. The van der Waals surface area contributed by atoms with Gasteiger partial charge in [0.2, 0.25) is 12.3 Å². The zero-order valence-corrected chi connectivity index (χ0v) is 20.9. The molecule has 1 heterocycles. The van der Waals surface area contributed by atoms with Crippen LogP contribution in [0.3, 0.4) is 0 Å². The van der Waals surface area contributed by atoms with E-state index in [0.29, 0.717) is 55.7 Å². The van der Waals surface area contributed by atoms with Gasteiger partial charge in [-0.2, -0.15) is 0 Å². The lowest BCUT2D eigenvalue weighted by Crippen LogP contribution is -2.48. The number of nitro groups is 1. The lowest BCUT2D eigenvalue weighted by molar-refractivity contribution is -0.385. The minimum Gasteiger partial charge on any atom is -0.368 e. The predicted octanol–water partition coefficient (Wildman–Crippen LogP) is 3.25. The Hall–Kier alpha value is -3.37. The molecule has 10 nitrogen and oxygen atoms in total. The van der Waals surface area contributed by atoms with Gasteiger partial charge < -0.3 is 20.4 Å². The minimum atomic E-state index is -0.554. The average molecular weight is 524 g/mol. The molecule has 35 heavy (non-hydrogen) atoms. The average Bonchev–Trinajstić information content (AvgIpc) is 2.85. The molecule has 0 atom stereocenters. The lowest BCUT2D eigenvalue weighted by Gasteiger charge is -2.35. The summed E-state index contributed by atoms with van der Waals surface area (Å²) in [6.45, 7) is 6.63. The molecule has 1 saturated heterocycles. The summed E-state index contributed by atoms with van der Waals surface area (Å²) in [7, 11) is 0. The van der Waals surface area contributed by atoms with Crippen molar-refractivity contribution in [1.29, 1.82) is 0 Å². The van der Waals surface area contributed by atoms with E-state index >= 15 is 0 Å². The summed E-state index contributed by atoms with van der Waals surface area (Å²) >= 11 is 11.4. The summed E-state index contributed by atoms with van der Waals surface area (Å²) in [6.07, 6.45) is 0.641. The van der Waals surface area contributed by atoms with Crippen LogP contribution in [0.1, 0.15) is 29.8 Å². The van der Waals surface area contributed by atoms with E-state index in [2.05, 4.69) is 10.6 Å². The third-order valence-corrected chi connectivity index (χ3v) is 5.96. The summed E-state index contributed by atoms with van der Waals surface area (Å²) in [5.74, 6) is -0.417. The topological polar surface area (TPSA) is 125 Å². The van der Waals surface area contributed by atoms with Crippen LogP contribution in [-0.4, -0.2) is 60.8 Å². The van der Waals surface area contributed by atoms with Gasteiger partial charge in [-0.05, 0) is 36.8 Å². The number of carbonyl (C=O) groups excluding carboxylic acids is 3. The first kappa shape index (κ1) is 27.9. The van der Waals surface area contributed by atoms with Crippen molar-refractivity contribution in [2.24, 2.45) is 0 Å². The Labute approximate surface area is 213 Å². The Kier molecular flexibility index (Phi) is 10.8. The van der Waals surface area contributed by atoms with Gasteiger partial charge in [0.1, 0.15) is 5.56 Å². The van der Waals surface area contributed by atoms with Crippen LogP contribution in [0.2, 0.25) is 10.0 Å². The number of benzene rings is 2. The fourth-order valence-electron chi connectivity index (χ4n) is 3.41. The zero-order chi connectivity index (χ0) is 26.0. The maximum atomic E-state index is 12.1. The highest BCUT2D eigenvalue weighted by Crippen LogP contribution is 2.26. The molecular formula is C23H27Cl2N5O5. The summed E-state index contributed by atoms with van der Waals surface area (Å²) in [4.78, 5) is 47.7. The van der Waals surface area contributed by atoms with Crippen molar-refractivity contribution in [1.82, 2.24) is 15.5 Å². The number of nitrogens with one attached hydrogen (secondary N) is 2. The molecule has 0 bridgehead atoms. The maximum Gasteiger partial charge on any atom is 0.282 e. The number of halogens is 2. The first-order valence-corrected chi connectivity index (χ1v) is 11.6. The van der Waals surface area contributed by atoms with E-state index in [0.717, 1.165) is 11.3 Å². The Morgan fingerprint density at radius 1 is 1.09 bits per heavy atom. The third-order valence-electron chi connectivity index (χ3n) is 5.22. The van der Waals surface area contributed by atoms with E-state index < -0.39 is 10.8 Å². The van der Waals surface area contributed by atoms with Crippen molar-refractivity contribution in [3.8, 4) is 0 Å². The highest BCUT2D eigenvalue weighted by molar-refractivity contribution is 6.42. The van der Waals surface area contributed by atoms with E-state index in [4.69, 9.17) is 23.2 Å². The number of carbonyl (C=O) groups is 3. The Bertz CT molecular complexity index is 1070. The van der Waals surface area contributed by atoms with Gasteiger partial charge in [0.25, 0.3) is 11.6 Å². The highest BCUT2D eigenvalue weighted by Gasteiger charge is 2.24. The third kappa shape index (κ3) is 8.11. The summed E-state index contributed by atoms with van der Waals surface area (Å²) < 4.78 is 0. The van der Waals surface area contributed by atoms with Crippen LogP contribution in [0.5, 0.6) is 0 Å². The number of rotatable bonds is 7. The fraction of sp³-hybridized carbons (Fsp3) is 0.348. The van der Waals surface area contributed by atoms with Crippen molar-refractivity contribution in [3.63, 3.8) is 0 Å². The van der Waals surface area contributed by atoms with E-state index in [9.17, 15) is 24.5 Å². The monoisotopic (exact) mass is 523 g/mol. The first-order valence-electron chi connectivity index (χ1n) is 10.9. The van der Waals surface area contributed by atoms with Crippen LogP contribution >= 0.6 is 23.2 Å². The molecule has 2 aromatic carbocycles. The molecule has 1 aliphatic heterocycles. The first-order chi connectivity index (χ1) is 16.7. The van der Waals surface area contributed by atoms with Gasteiger partial charge in [-0.1, -0.05) is 29.3 Å². The molecule has 12 heteroatoms. The number of amides is 3. The van der Waals surface area contributed by atoms with Gasteiger partial charge in [-0.15, -0.1) is 0 Å². The maximum absolute atomic E-state index is 12.1. The second kappa shape index (κ2) is 13.5. The molecule has 0 spiro atoms. The second-order valence-electron chi connectivity index (χ2n) is 7.56. The van der Waals surface area contributed by atoms with E-state index in [1.54, 1.807) is 36.1 Å². The van der Waals surface area contributed by atoms with Gasteiger partial charge in [0.05, 0.1) is 15.0 Å². The molecular weight excluding hydrogens is 497 g/mol. The largest absolute Gasteiger partial charge is 0.368 e. The Morgan fingerprint density at radius 3 is 2.31 bits per heavy atom. The van der Waals surface area contributed by atoms with E-state index in [1.807, 2.05) is 11.0 Å². The molecule has 0 radical (unpaired) electrons. The second-order valence-corrected chi connectivity index (χ2v) is 8.37. The quantitative estimate of drug-likeness (QED) is 0.326. The van der Waals surface area contributed by atoms with Crippen molar-refractivity contribution >= 4 is 52.8 Å². The number of piperazine rings is 1. The van der Waals surface area contributed by atoms with Crippen molar-refractivity contribution in [2.45, 2.75) is 20.4 Å². The normalized spacial score (nSPS) is 12.8. The van der Waals surface area contributed by atoms with Gasteiger partial charge in [-0.25, -0.2) is 0 Å². The standard InChI is InChI=1S/C15H20N4O4.C8H7Cl2NO/c1-3-16-15(21)13-10-12(4-5-14(13)19(22)23)18-8-6-17(7-9-18)11(2)20;9-7-2-1-6(3-8(7)10)4-11-5-12/h4-5,10H,3,6-9H2,1-2H3,(H,16,21);1-3,5H,4H2,(H,11,12). The lowest BCUT2D eigenvalue weighted by atomic mass is 10.1. The smallest absolute Gasteiger partial charge is 0.282 e. The highest BCUT2D eigenvalue weighted by atomic mass is 35.5. The Balaban J connectivity index is 0.000000303. The predicted molar refractivity (Wildman–Crippen MR) is 135 cm³/mol. The molecule has 188 valence electrons. The summed E-state index contributed by atoms with van der Waals surface area (Å²) in [6, 6.07) is 9.78.